The van der Waals surface area contributed by atoms with Gasteiger partial charge in [-0.05, 0) is 41.0 Å². The number of thiophene rings is 1. The van der Waals surface area contributed by atoms with Gasteiger partial charge in [0, 0.05) is 11.8 Å². The second kappa shape index (κ2) is 5.23. The number of rotatable bonds is 3. The standard InChI is InChI=1S/C13H18N2OS2/c1-2-11-13(16)15(10-4-6-18-8-10)12(14-11)9-3-5-17-7-9/h3,5,7,10-12,14H,2,4,6,8H2,1H3. The molecule has 2 aliphatic heterocycles. The molecule has 0 saturated carbocycles. The molecule has 1 aromatic rings. The Morgan fingerprint density at radius 1 is 1.56 bits per heavy atom. The van der Waals surface area contributed by atoms with E-state index in [0.717, 1.165) is 18.6 Å². The molecule has 2 saturated heterocycles. The lowest BCUT2D eigenvalue weighted by Crippen LogP contribution is -2.40. The Hall–Kier alpha value is -0.520. The third kappa shape index (κ3) is 2.08. The van der Waals surface area contributed by atoms with Gasteiger partial charge in [0.25, 0.3) is 0 Å². The van der Waals surface area contributed by atoms with Crippen molar-refractivity contribution >= 4 is 29.0 Å². The van der Waals surface area contributed by atoms with Crippen LogP contribution in [-0.2, 0) is 4.79 Å². The van der Waals surface area contributed by atoms with E-state index in [2.05, 4.69) is 34.0 Å². The lowest BCUT2D eigenvalue weighted by Gasteiger charge is -2.29. The van der Waals surface area contributed by atoms with E-state index in [4.69, 9.17) is 0 Å². The van der Waals surface area contributed by atoms with E-state index in [0.29, 0.717) is 11.9 Å². The second-order valence-corrected chi connectivity index (χ2v) is 6.78. The maximum Gasteiger partial charge on any atom is 0.241 e. The summed E-state index contributed by atoms with van der Waals surface area (Å²) in [6, 6.07) is 2.54. The highest BCUT2D eigenvalue weighted by atomic mass is 32.2. The summed E-state index contributed by atoms with van der Waals surface area (Å²) in [6.07, 6.45) is 2.10. The Labute approximate surface area is 116 Å². The van der Waals surface area contributed by atoms with Gasteiger partial charge in [0.05, 0.1) is 6.04 Å². The minimum Gasteiger partial charge on any atom is -0.318 e. The highest BCUT2D eigenvalue weighted by molar-refractivity contribution is 7.99. The number of hydrogen-bond acceptors (Lipinski definition) is 4. The number of thioether (sulfide) groups is 1. The maximum absolute atomic E-state index is 12.5. The molecule has 3 nitrogen and oxygen atoms in total. The molecule has 0 bridgehead atoms. The Morgan fingerprint density at radius 2 is 2.44 bits per heavy atom. The summed E-state index contributed by atoms with van der Waals surface area (Å²) in [5.41, 5.74) is 1.24. The fraction of sp³-hybridized carbons (Fsp3) is 0.615. The predicted octanol–water partition coefficient (Wildman–Crippen LogP) is 2.46. The number of carbonyl (C=O) groups is 1. The quantitative estimate of drug-likeness (QED) is 0.924. The van der Waals surface area contributed by atoms with Crippen LogP contribution in [0.4, 0.5) is 0 Å². The SMILES string of the molecule is CCC1NC(c2ccsc2)N(C2CCSC2)C1=O. The van der Waals surface area contributed by atoms with E-state index >= 15 is 0 Å². The summed E-state index contributed by atoms with van der Waals surface area (Å²) < 4.78 is 0. The van der Waals surface area contributed by atoms with Crippen LogP contribution in [-0.4, -0.2) is 34.4 Å². The van der Waals surface area contributed by atoms with Crippen LogP contribution < -0.4 is 5.32 Å². The van der Waals surface area contributed by atoms with Crippen LogP contribution in [0.3, 0.4) is 0 Å². The zero-order valence-corrected chi connectivity index (χ0v) is 12.1. The first-order valence-electron chi connectivity index (χ1n) is 6.49. The summed E-state index contributed by atoms with van der Waals surface area (Å²) in [4.78, 5) is 14.6. The Bertz CT molecular complexity index is 415. The van der Waals surface area contributed by atoms with Gasteiger partial charge < -0.3 is 4.90 Å². The molecule has 18 heavy (non-hydrogen) atoms. The topological polar surface area (TPSA) is 32.3 Å². The molecule has 0 aromatic carbocycles. The van der Waals surface area contributed by atoms with Crippen molar-refractivity contribution in [1.82, 2.24) is 10.2 Å². The fourth-order valence-corrected chi connectivity index (χ4v) is 4.65. The van der Waals surface area contributed by atoms with Gasteiger partial charge in [-0.1, -0.05) is 6.92 Å². The van der Waals surface area contributed by atoms with Gasteiger partial charge in [0.2, 0.25) is 5.91 Å². The molecule has 1 N–H and O–H groups in total. The smallest absolute Gasteiger partial charge is 0.241 e. The molecule has 3 atom stereocenters. The molecular weight excluding hydrogens is 264 g/mol. The maximum atomic E-state index is 12.5. The average molecular weight is 282 g/mol. The van der Waals surface area contributed by atoms with Crippen LogP contribution in [0.5, 0.6) is 0 Å². The first kappa shape index (κ1) is 12.5. The molecule has 3 heterocycles. The van der Waals surface area contributed by atoms with Crippen LogP contribution >= 0.6 is 23.1 Å². The van der Waals surface area contributed by atoms with Crippen molar-refractivity contribution in [3.63, 3.8) is 0 Å². The summed E-state index contributed by atoms with van der Waals surface area (Å²) in [6.45, 7) is 2.08. The Balaban J connectivity index is 1.88. The average Bonchev–Trinajstić information content (AvgIpc) is 3.08. The van der Waals surface area contributed by atoms with Crippen molar-refractivity contribution in [2.75, 3.05) is 11.5 Å². The lowest BCUT2D eigenvalue weighted by molar-refractivity contribution is -0.131. The first-order valence-corrected chi connectivity index (χ1v) is 8.59. The van der Waals surface area contributed by atoms with Crippen molar-refractivity contribution < 1.29 is 4.79 Å². The molecule has 5 heteroatoms. The monoisotopic (exact) mass is 282 g/mol. The van der Waals surface area contributed by atoms with Gasteiger partial charge in [0.15, 0.2) is 0 Å². The normalized spacial score (nSPS) is 32.4. The van der Waals surface area contributed by atoms with Gasteiger partial charge in [0.1, 0.15) is 6.17 Å². The number of amides is 1. The van der Waals surface area contributed by atoms with Gasteiger partial charge in [-0.25, -0.2) is 0 Å². The molecule has 0 aliphatic carbocycles. The molecule has 1 amide bonds. The van der Waals surface area contributed by atoms with Crippen molar-refractivity contribution in [3.05, 3.63) is 22.4 Å². The highest BCUT2D eigenvalue weighted by Crippen LogP contribution is 2.34. The molecule has 0 spiro atoms. The third-order valence-corrected chi connectivity index (χ3v) is 5.60. The van der Waals surface area contributed by atoms with Gasteiger partial charge in [-0.15, -0.1) is 0 Å². The first-order chi connectivity index (χ1) is 8.81. The molecular formula is C13H18N2OS2. The zero-order valence-electron chi connectivity index (χ0n) is 10.5. The second-order valence-electron chi connectivity index (χ2n) is 4.85. The molecule has 2 aliphatic rings. The fourth-order valence-electron chi connectivity index (χ4n) is 2.76. The van der Waals surface area contributed by atoms with Crippen LogP contribution in [0.1, 0.15) is 31.5 Å². The molecule has 2 fully saturated rings. The third-order valence-electron chi connectivity index (χ3n) is 3.76. The van der Waals surface area contributed by atoms with E-state index in [-0.39, 0.29) is 12.2 Å². The van der Waals surface area contributed by atoms with Crippen LogP contribution in [0.25, 0.3) is 0 Å². The minimum atomic E-state index is 0.000463. The Morgan fingerprint density at radius 3 is 3.06 bits per heavy atom. The van der Waals surface area contributed by atoms with E-state index in [1.807, 2.05) is 11.8 Å². The molecule has 1 aromatic heterocycles. The van der Waals surface area contributed by atoms with E-state index in [1.165, 1.54) is 11.3 Å². The summed E-state index contributed by atoms with van der Waals surface area (Å²) in [5, 5.41) is 7.73. The lowest BCUT2D eigenvalue weighted by atomic mass is 10.1. The highest BCUT2D eigenvalue weighted by Gasteiger charge is 2.43. The van der Waals surface area contributed by atoms with Crippen molar-refractivity contribution in [2.24, 2.45) is 0 Å². The van der Waals surface area contributed by atoms with Crippen molar-refractivity contribution in [1.29, 1.82) is 0 Å². The molecule has 3 rings (SSSR count). The van der Waals surface area contributed by atoms with Crippen molar-refractivity contribution in [3.8, 4) is 0 Å². The summed E-state index contributed by atoms with van der Waals surface area (Å²) >= 11 is 3.66. The van der Waals surface area contributed by atoms with Crippen LogP contribution in [0.2, 0.25) is 0 Å². The van der Waals surface area contributed by atoms with Crippen LogP contribution in [0, 0.1) is 0 Å². The molecule has 0 radical (unpaired) electrons. The number of nitrogens with one attached hydrogen (secondary N) is 1. The minimum absolute atomic E-state index is 0.000463. The molecule has 3 unspecified atom stereocenters. The zero-order chi connectivity index (χ0) is 12.5. The van der Waals surface area contributed by atoms with Crippen molar-refractivity contribution in [2.45, 2.75) is 38.0 Å². The van der Waals surface area contributed by atoms with Gasteiger partial charge in [-0.2, -0.15) is 23.1 Å². The number of hydrogen-bond donors (Lipinski definition) is 1. The van der Waals surface area contributed by atoms with E-state index in [9.17, 15) is 4.79 Å². The van der Waals surface area contributed by atoms with E-state index < -0.39 is 0 Å². The number of nitrogens with zero attached hydrogens (tertiary/aromatic N) is 1. The summed E-state index contributed by atoms with van der Waals surface area (Å²) in [7, 11) is 0. The largest absolute Gasteiger partial charge is 0.318 e. The predicted molar refractivity (Wildman–Crippen MR) is 76.9 cm³/mol. The number of carbonyl (C=O) groups excluding carboxylic acids is 1. The van der Waals surface area contributed by atoms with Gasteiger partial charge in [-0.3, -0.25) is 10.1 Å². The summed E-state index contributed by atoms with van der Waals surface area (Å²) in [5.74, 6) is 2.56. The van der Waals surface area contributed by atoms with Gasteiger partial charge >= 0.3 is 0 Å². The Kier molecular flexibility index (Phi) is 3.63. The van der Waals surface area contributed by atoms with Crippen LogP contribution in [0.15, 0.2) is 16.8 Å². The molecule has 98 valence electrons. The van der Waals surface area contributed by atoms with E-state index in [1.54, 1.807) is 11.3 Å².